The van der Waals surface area contributed by atoms with Crippen LogP contribution in [0.1, 0.15) is 93.7 Å². The molecule has 1 aliphatic carbocycles. The predicted octanol–water partition coefficient (Wildman–Crippen LogP) is 0.764. The highest BCUT2D eigenvalue weighted by Crippen LogP contribution is 2.35. The van der Waals surface area contributed by atoms with Gasteiger partial charge in [0.15, 0.2) is 0 Å². The van der Waals surface area contributed by atoms with Gasteiger partial charge in [0.2, 0.25) is 27.6 Å². The van der Waals surface area contributed by atoms with Crippen LogP contribution in [-0.4, -0.2) is 105 Å². The summed E-state index contributed by atoms with van der Waals surface area (Å²) in [6.45, 7) is 2.89. The van der Waals surface area contributed by atoms with Crippen LogP contribution in [0.25, 0.3) is 0 Å². The summed E-state index contributed by atoms with van der Waals surface area (Å²) in [5.74, 6) is -0.548. The number of likely N-dealkylation sites (tertiary alicyclic amines) is 1. The van der Waals surface area contributed by atoms with Crippen molar-refractivity contribution in [3.63, 3.8) is 0 Å². The Kier molecular flexibility index (Phi) is 12.9. The lowest BCUT2D eigenvalue weighted by Gasteiger charge is -2.37. The third-order valence-electron chi connectivity index (χ3n) is 10.5. The fraction of sp³-hybridized carbons (Fsp3) is 0.583. The van der Waals surface area contributed by atoms with Crippen LogP contribution in [0.2, 0.25) is 0 Å². The standard InChI is InChI=1S/C36H48N8O8S2/c1-4-16-39-54(51,52)26-12-10-24(11-13-26)32(47)40-27(19-23-8-6-5-7-9-23)34(49)43-22-25(44-29(21-38-42-44)35(2,3)50)20-28(43)33(48)41-36(30(45)31(37)46)14-17-53-18-15-36/h1,10-13,21,23,25,27-28,39,50H,5-9,14-20,22H2,2-3H3,(H2,37,46)(H,40,47)(H,41,48)/t25-,27+,28-/m0/s1. The van der Waals surface area contributed by atoms with Gasteiger partial charge in [0.1, 0.15) is 23.2 Å². The summed E-state index contributed by atoms with van der Waals surface area (Å²) in [5, 5.41) is 24.7. The van der Waals surface area contributed by atoms with Crippen LogP contribution in [-0.2, 0) is 34.8 Å². The molecule has 3 heterocycles. The zero-order chi connectivity index (χ0) is 39.3. The van der Waals surface area contributed by atoms with Gasteiger partial charge in [-0.05, 0) is 74.8 Å². The highest BCUT2D eigenvalue weighted by Gasteiger charge is 2.49. The number of primary amides is 1. The maximum Gasteiger partial charge on any atom is 0.287 e. The van der Waals surface area contributed by atoms with Crippen molar-refractivity contribution in [1.82, 2.24) is 35.2 Å². The largest absolute Gasteiger partial charge is 0.384 e. The Morgan fingerprint density at radius 2 is 1.78 bits per heavy atom. The molecule has 1 aromatic carbocycles. The third-order valence-corrected chi connectivity index (χ3v) is 12.9. The fourth-order valence-electron chi connectivity index (χ4n) is 7.54. The van der Waals surface area contributed by atoms with Crippen molar-refractivity contribution < 1.29 is 37.5 Å². The second kappa shape index (κ2) is 17.0. The molecule has 2 aromatic rings. The number of nitrogens with two attached hydrogens (primary N) is 1. The molecule has 0 bridgehead atoms. The van der Waals surface area contributed by atoms with Crippen molar-refractivity contribution in [3.8, 4) is 12.3 Å². The SMILES string of the molecule is C#CCNS(=O)(=O)c1ccc(C(=O)N[C@H](CC2CCCCC2)C(=O)N2C[C@@H](n3nncc3C(C)(C)O)C[C@H]2C(=O)NC2(C(=O)C(N)=O)CCSCC2)cc1. The summed E-state index contributed by atoms with van der Waals surface area (Å²) in [6.07, 6.45) is 12.0. The van der Waals surface area contributed by atoms with Crippen molar-refractivity contribution in [2.24, 2.45) is 11.7 Å². The zero-order valence-corrected chi connectivity index (χ0v) is 32.1. The molecule has 4 amide bonds. The van der Waals surface area contributed by atoms with E-state index in [0.29, 0.717) is 23.6 Å². The van der Waals surface area contributed by atoms with E-state index in [0.717, 1.165) is 32.1 Å². The van der Waals surface area contributed by atoms with Crippen LogP contribution < -0.4 is 21.1 Å². The Morgan fingerprint density at radius 1 is 1.11 bits per heavy atom. The average molecular weight is 785 g/mol. The molecule has 54 heavy (non-hydrogen) atoms. The van der Waals surface area contributed by atoms with Crippen molar-refractivity contribution >= 4 is 51.2 Å². The van der Waals surface area contributed by atoms with Crippen LogP contribution in [0.4, 0.5) is 0 Å². The summed E-state index contributed by atoms with van der Waals surface area (Å²) >= 11 is 1.58. The number of carbonyl (C=O) groups is 5. The number of carbonyl (C=O) groups excluding carboxylic acids is 5. The minimum Gasteiger partial charge on any atom is -0.384 e. The second-order valence-electron chi connectivity index (χ2n) is 14.7. The fourth-order valence-corrected chi connectivity index (χ4v) is 9.67. The molecule has 292 valence electrons. The van der Waals surface area contributed by atoms with Crippen molar-refractivity contribution in [1.29, 1.82) is 0 Å². The van der Waals surface area contributed by atoms with Crippen LogP contribution in [0, 0.1) is 18.3 Å². The summed E-state index contributed by atoms with van der Waals surface area (Å²) in [6, 6.07) is 2.36. The quantitative estimate of drug-likeness (QED) is 0.133. The summed E-state index contributed by atoms with van der Waals surface area (Å²) in [5.41, 5.74) is 3.02. The molecule has 3 fully saturated rings. The van der Waals surface area contributed by atoms with E-state index in [-0.39, 0.29) is 48.7 Å². The highest BCUT2D eigenvalue weighted by atomic mass is 32.2. The van der Waals surface area contributed by atoms with E-state index in [1.807, 2.05) is 0 Å². The first kappa shape index (κ1) is 40.9. The van der Waals surface area contributed by atoms with Crippen molar-refractivity contribution in [3.05, 3.63) is 41.7 Å². The van der Waals surface area contributed by atoms with E-state index in [1.54, 1.807) is 25.6 Å². The summed E-state index contributed by atoms with van der Waals surface area (Å²) in [4.78, 5) is 69.5. The Balaban J connectivity index is 1.47. The Morgan fingerprint density at radius 3 is 2.39 bits per heavy atom. The van der Waals surface area contributed by atoms with E-state index >= 15 is 0 Å². The maximum atomic E-state index is 14.8. The number of Topliss-reactive ketones (excluding diaryl/α,β-unsaturated/α-hetero) is 1. The molecule has 0 unspecified atom stereocenters. The predicted molar refractivity (Wildman–Crippen MR) is 199 cm³/mol. The van der Waals surface area contributed by atoms with Crippen LogP contribution in [0.5, 0.6) is 0 Å². The molecule has 1 saturated carbocycles. The average Bonchev–Trinajstić information content (AvgIpc) is 3.83. The molecule has 3 atom stereocenters. The number of nitrogens with one attached hydrogen (secondary N) is 3. The van der Waals surface area contributed by atoms with E-state index in [9.17, 15) is 37.5 Å². The van der Waals surface area contributed by atoms with Gasteiger partial charge in [-0.3, -0.25) is 24.0 Å². The maximum absolute atomic E-state index is 14.8. The number of rotatable bonds is 14. The number of aromatic nitrogens is 3. The first-order valence-corrected chi connectivity index (χ1v) is 20.7. The number of aliphatic hydroxyl groups is 1. The van der Waals surface area contributed by atoms with Gasteiger partial charge >= 0.3 is 0 Å². The van der Waals surface area contributed by atoms with Gasteiger partial charge in [-0.2, -0.15) is 16.5 Å². The number of hydrogen-bond donors (Lipinski definition) is 5. The molecule has 2 saturated heterocycles. The lowest BCUT2D eigenvalue weighted by Crippen LogP contribution is -2.63. The van der Waals surface area contributed by atoms with Crippen molar-refractivity contribution in [2.45, 2.75) is 106 Å². The molecule has 0 spiro atoms. The number of benzene rings is 1. The number of terminal acetylenes is 1. The molecular weight excluding hydrogens is 737 g/mol. The number of sulfonamides is 1. The number of amides is 4. The van der Waals surface area contributed by atoms with Crippen LogP contribution in [0.15, 0.2) is 35.4 Å². The molecular formula is C36H48N8O8S2. The van der Waals surface area contributed by atoms with Crippen LogP contribution in [0.3, 0.4) is 0 Å². The molecule has 16 nitrogen and oxygen atoms in total. The Bertz CT molecular complexity index is 1870. The van der Waals surface area contributed by atoms with Crippen molar-refractivity contribution in [2.75, 3.05) is 24.6 Å². The van der Waals surface area contributed by atoms with Gasteiger partial charge in [0, 0.05) is 18.5 Å². The number of nitrogens with zero attached hydrogens (tertiary/aromatic N) is 4. The van der Waals surface area contributed by atoms with Crippen LogP contribution >= 0.6 is 11.8 Å². The number of ketones is 1. The number of thioether (sulfide) groups is 1. The van der Waals surface area contributed by atoms with Gasteiger partial charge in [0.05, 0.1) is 29.4 Å². The van der Waals surface area contributed by atoms with Gasteiger partial charge in [-0.25, -0.2) is 13.1 Å². The van der Waals surface area contributed by atoms with Gasteiger partial charge in [0.25, 0.3) is 11.8 Å². The smallest absolute Gasteiger partial charge is 0.287 e. The van der Waals surface area contributed by atoms with Gasteiger partial charge < -0.3 is 26.4 Å². The minimum absolute atomic E-state index is 0.0351. The molecule has 2 aliphatic heterocycles. The normalized spacial score (nSPS) is 21.1. The Labute approximate surface area is 319 Å². The molecule has 1 aromatic heterocycles. The molecule has 0 radical (unpaired) electrons. The monoisotopic (exact) mass is 784 g/mol. The minimum atomic E-state index is -3.91. The number of hydrogen-bond acceptors (Lipinski definition) is 11. The van der Waals surface area contributed by atoms with E-state index in [1.165, 1.54) is 40.0 Å². The second-order valence-corrected chi connectivity index (χ2v) is 17.7. The van der Waals surface area contributed by atoms with E-state index in [2.05, 4.69) is 31.6 Å². The molecule has 18 heteroatoms. The third kappa shape index (κ3) is 9.31. The van der Waals surface area contributed by atoms with Gasteiger partial charge in [-0.15, -0.1) is 11.5 Å². The lowest BCUT2D eigenvalue weighted by molar-refractivity contribution is -0.145. The molecule has 5 rings (SSSR count). The van der Waals surface area contributed by atoms with E-state index in [4.69, 9.17) is 12.2 Å². The first-order valence-electron chi connectivity index (χ1n) is 18.1. The highest BCUT2D eigenvalue weighted by molar-refractivity contribution is 7.99. The summed E-state index contributed by atoms with van der Waals surface area (Å²) < 4.78 is 28.8. The lowest BCUT2D eigenvalue weighted by atomic mass is 9.84. The first-order chi connectivity index (χ1) is 25.6. The Hall–Kier alpha value is -4.31. The molecule has 6 N–H and O–H groups in total. The van der Waals surface area contributed by atoms with E-state index < -0.39 is 68.7 Å². The zero-order valence-electron chi connectivity index (χ0n) is 30.5. The van der Waals surface area contributed by atoms with Gasteiger partial charge in [-0.1, -0.05) is 43.2 Å². The topological polar surface area (TPSA) is 236 Å². The molecule has 3 aliphatic rings. The summed E-state index contributed by atoms with van der Waals surface area (Å²) in [7, 11) is -3.91.